The molecule has 3 heteroatoms. The smallest absolute Gasteiger partial charge is 0.0597 e. The molecule has 1 heterocycles. The average Bonchev–Trinajstić information content (AvgIpc) is 2.83. The number of allylic oxidation sites excluding steroid dienone is 1. The lowest BCUT2D eigenvalue weighted by molar-refractivity contribution is 0.438. The summed E-state index contributed by atoms with van der Waals surface area (Å²) in [6, 6.07) is 2.68. The van der Waals surface area contributed by atoms with Gasteiger partial charge in [0.15, 0.2) is 0 Å². The van der Waals surface area contributed by atoms with Gasteiger partial charge in [-0.05, 0) is 52.1 Å². The maximum absolute atomic E-state index is 4.58. The number of aryl methyl sites for hydroxylation is 2. The predicted molar refractivity (Wildman–Crippen MR) is 87.0 cm³/mol. The van der Waals surface area contributed by atoms with Crippen molar-refractivity contribution in [1.82, 2.24) is 15.1 Å². The van der Waals surface area contributed by atoms with Gasteiger partial charge in [0, 0.05) is 12.6 Å². The Morgan fingerprint density at radius 3 is 2.80 bits per heavy atom. The third-order valence-electron chi connectivity index (χ3n) is 3.63. The van der Waals surface area contributed by atoms with E-state index in [2.05, 4.69) is 48.5 Å². The van der Waals surface area contributed by atoms with Crippen LogP contribution in [0.25, 0.3) is 0 Å². The lowest BCUT2D eigenvalue weighted by atomic mass is 10.0. The Hall–Kier alpha value is -1.09. The molecule has 3 nitrogen and oxygen atoms in total. The molecule has 0 aliphatic carbocycles. The molecule has 1 aromatic heterocycles. The lowest BCUT2D eigenvalue weighted by Crippen LogP contribution is -2.24. The van der Waals surface area contributed by atoms with Crippen LogP contribution in [-0.2, 0) is 6.54 Å². The summed E-state index contributed by atoms with van der Waals surface area (Å²) in [5.74, 6) is 0. The van der Waals surface area contributed by atoms with Crippen LogP contribution in [0, 0.1) is 6.92 Å². The minimum absolute atomic E-state index is 0.444. The topological polar surface area (TPSA) is 29.9 Å². The number of rotatable bonds is 11. The molecule has 1 unspecified atom stereocenters. The third kappa shape index (κ3) is 5.49. The molecule has 0 spiro atoms. The molecule has 0 bridgehead atoms. The normalized spacial score (nSPS) is 12.6. The summed E-state index contributed by atoms with van der Waals surface area (Å²) >= 11 is 0. The number of aromatic nitrogens is 2. The van der Waals surface area contributed by atoms with Crippen LogP contribution >= 0.6 is 0 Å². The standard InChI is InChI=1S/C17H31N3/c1-5-8-9-10-11-12-16(18-13-6-2)17-14-15(4)19-20(17)7-3/h5,14,16,18H,1,6-13H2,2-4H3. The molecule has 1 atom stereocenters. The Balaban J connectivity index is 2.60. The fourth-order valence-corrected chi connectivity index (χ4v) is 2.59. The molecule has 1 N–H and O–H groups in total. The molecule has 0 radical (unpaired) electrons. The number of hydrogen-bond donors (Lipinski definition) is 1. The van der Waals surface area contributed by atoms with Crippen LogP contribution in [-0.4, -0.2) is 16.3 Å². The zero-order valence-corrected chi connectivity index (χ0v) is 13.5. The monoisotopic (exact) mass is 277 g/mol. The van der Waals surface area contributed by atoms with Gasteiger partial charge in [-0.3, -0.25) is 4.68 Å². The van der Waals surface area contributed by atoms with Gasteiger partial charge in [-0.25, -0.2) is 0 Å². The van der Waals surface area contributed by atoms with E-state index in [1.807, 2.05) is 6.08 Å². The molecule has 114 valence electrons. The summed E-state index contributed by atoms with van der Waals surface area (Å²) in [6.07, 6.45) is 9.34. The second kappa shape index (κ2) is 9.76. The summed E-state index contributed by atoms with van der Waals surface area (Å²) in [4.78, 5) is 0. The van der Waals surface area contributed by atoms with Crippen LogP contribution < -0.4 is 5.32 Å². The molecule has 0 fully saturated rings. The SMILES string of the molecule is C=CCCCCCC(NCCC)c1cc(C)nn1CC. The second-order valence-electron chi connectivity index (χ2n) is 5.46. The van der Waals surface area contributed by atoms with Crippen molar-refractivity contribution in [1.29, 1.82) is 0 Å². The first-order valence-corrected chi connectivity index (χ1v) is 8.11. The Kier molecular flexibility index (Phi) is 8.28. The van der Waals surface area contributed by atoms with Gasteiger partial charge in [0.2, 0.25) is 0 Å². The van der Waals surface area contributed by atoms with Crippen molar-refractivity contribution in [2.45, 2.75) is 71.9 Å². The van der Waals surface area contributed by atoms with Crippen molar-refractivity contribution in [2.75, 3.05) is 6.54 Å². The molecule has 1 rings (SSSR count). The number of nitrogens with zero attached hydrogens (tertiary/aromatic N) is 2. The van der Waals surface area contributed by atoms with Gasteiger partial charge < -0.3 is 5.32 Å². The van der Waals surface area contributed by atoms with E-state index in [-0.39, 0.29) is 0 Å². The molecule has 0 aromatic carbocycles. The summed E-state index contributed by atoms with van der Waals surface area (Å²) in [6.45, 7) is 12.3. The van der Waals surface area contributed by atoms with Crippen LogP contribution in [0.15, 0.2) is 18.7 Å². The zero-order valence-electron chi connectivity index (χ0n) is 13.5. The first kappa shape index (κ1) is 17.0. The average molecular weight is 277 g/mol. The Morgan fingerprint density at radius 2 is 2.15 bits per heavy atom. The van der Waals surface area contributed by atoms with Crippen molar-refractivity contribution < 1.29 is 0 Å². The van der Waals surface area contributed by atoms with Gasteiger partial charge in [-0.2, -0.15) is 5.10 Å². The van der Waals surface area contributed by atoms with Crippen molar-refractivity contribution in [3.8, 4) is 0 Å². The van der Waals surface area contributed by atoms with Gasteiger partial charge in [-0.1, -0.05) is 25.8 Å². The van der Waals surface area contributed by atoms with E-state index in [1.54, 1.807) is 0 Å². The molecule has 0 saturated carbocycles. The summed E-state index contributed by atoms with van der Waals surface area (Å²) in [7, 11) is 0. The van der Waals surface area contributed by atoms with E-state index in [9.17, 15) is 0 Å². The number of unbranched alkanes of at least 4 members (excludes halogenated alkanes) is 3. The summed E-state index contributed by atoms with van der Waals surface area (Å²) in [5.41, 5.74) is 2.47. The highest BCUT2D eigenvalue weighted by atomic mass is 15.3. The maximum atomic E-state index is 4.58. The van der Waals surface area contributed by atoms with Crippen LogP contribution in [0.3, 0.4) is 0 Å². The highest BCUT2D eigenvalue weighted by Crippen LogP contribution is 2.21. The van der Waals surface area contributed by atoms with E-state index in [4.69, 9.17) is 0 Å². The molecule has 20 heavy (non-hydrogen) atoms. The molecule has 0 saturated heterocycles. The van der Waals surface area contributed by atoms with Crippen molar-refractivity contribution >= 4 is 0 Å². The van der Waals surface area contributed by atoms with Gasteiger partial charge in [0.05, 0.1) is 11.4 Å². The first-order valence-electron chi connectivity index (χ1n) is 8.11. The van der Waals surface area contributed by atoms with E-state index >= 15 is 0 Å². The van der Waals surface area contributed by atoms with Gasteiger partial charge >= 0.3 is 0 Å². The minimum Gasteiger partial charge on any atom is -0.309 e. The Bertz CT molecular complexity index is 382. The fourth-order valence-electron chi connectivity index (χ4n) is 2.59. The Labute approximate surface area is 124 Å². The number of nitrogens with one attached hydrogen (secondary N) is 1. The van der Waals surface area contributed by atoms with Crippen molar-refractivity contribution in [3.63, 3.8) is 0 Å². The Morgan fingerprint density at radius 1 is 1.35 bits per heavy atom. The summed E-state index contributed by atoms with van der Waals surface area (Å²) in [5, 5.41) is 8.26. The van der Waals surface area contributed by atoms with Crippen LogP contribution in [0.5, 0.6) is 0 Å². The lowest BCUT2D eigenvalue weighted by Gasteiger charge is -2.19. The van der Waals surface area contributed by atoms with Crippen molar-refractivity contribution in [3.05, 3.63) is 30.1 Å². The summed E-state index contributed by atoms with van der Waals surface area (Å²) < 4.78 is 2.15. The molecule has 0 aliphatic heterocycles. The first-order chi connectivity index (χ1) is 9.72. The van der Waals surface area contributed by atoms with E-state index in [1.165, 1.54) is 37.8 Å². The van der Waals surface area contributed by atoms with Crippen LogP contribution in [0.2, 0.25) is 0 Å². The largest absolute Gasteiger partial charge is 0.309 e. The quantitative estimate of drug-likeness (QED) is 0.480. The maximum Gasteiger partial charge on any atom is 0.0597 e. The molecule has 0 amide bonds. The highest BCUT2D eigenvalue weighted by Gasteiger charge is 2.15. The highest BCUT2D eigenvalue weighted by molar-refractivity contribution is 5.13. The fraction of sp³-hybridized carbons (Fsp3) is 0.706. The van der Waals surface area contributed by atoms with Gasteiger partial charge in [0.25, 0.3) is 0 Å². The third-order valence-corrected chi connectivity index (χ3v) is 3.63. The molecular formula is C17H31N3. The van der Waals surface area contributed by atoms with E-state index in [0.717, 1.165) is 25.2 Å². The second-order valence-corrected chi connectivity index (χ2v) is 5.46. The molecule has 1 aromatic rings. The predicted octanol–water partition coefficient (Wildman–Crippen LogP) is 4.39. The van der Waals surface area contributed by atoms with E-state index < -0.39 is 0 Å². The van der Waals surface area contributed by atoms with Crippen LogP contribution in [0.4, 0.5) is 0 Å². The minimum atomic E-state index is 0.444. The van der Waals surface area contributed by atoms with E-state index in [0.29, 0.717) is 6.04 Å². The molecular weight excluding hydrogens is 246 g/mol. The number of hydrogen-bond acceptors (Lipinski definition) is 2. The zero-order chi connectivity index (χ0) is 14.8. The molecule has 0 aliphatic rings. The van der Waals surface area contributed by atoms with Gasteiger partial charge in [-0.15, -0.1) is 6.58 Å². The van der Waals surface area contributed by atoms with Crippen molar-refractivity contribution in [2.24, 2.45) is 0 Å². The van der Waals surface area contributed by atoms with Crippen LogP contribution in [0.1, 0.15) is 69.8 Å². The van der Waals surface area contributed by atoms with Gasteiger partial charge in [0.1, 0.15) is 0 Å².